The fourth-order valence-electron chi connectivity index (χ4n) is 12.5. The highest BCUT2D eigenvalue weighted by Gasteiger charge is 2.27. The third-order valence-corrected chi connectivity index (χ3v) is 18.5. The number of fused-ring (bicyclic) bond motifs is 4. The summed E-state index contributed by atoms with van der Waals surface area (Å²) in [7, 11) is 0. The van der Waals surface area contributed by atoms with Crippen LogP contribution in [0.1, 0.15) is 105 Å². The Morgan fingerprint density at radius 2 is 0.581 bits per heavy atom. The van der Waals surface area contributed by atoms with Crippen molar-refractivity contribution in [3.05, 3.63) is 177 Å². The molecule has 93 heavy (non-hydrogen) atoms. The summed E-state index contributed by atoms with van der Waals surface area (Å²) in [6, 6.07) is 25.0. The molecule has 4 aliphatic rings. The van der Waals surface area contributed by atoms with Crippen LogP contribution in [0.2, 0.25) is 5.15 Å². The first-order valence-corrected chi connectivity index (χ1v) is 32.8. The Bertz CT molecular complexity index is 4040. The van der Waals surface area contributed by atoms with Gasteiger partial charge in [0.15, 0.2) is 23.3 Å². The maximum absolute atomic E-state index is 6.12. The molecule has 12 aromatic rings. The van der Waals surface area contributed by atoms with Gasteiger partial charge in [-0.1, -0.05) is 65.0 Å². The molecule has 4 fully saturated rings. The van der Waals surface area contributed by atoms with E-state index in [0.29, 0.717) is 70.4 Å². The molecule has 4 aliphatic carbocycles. The van der Waals surface area contributed by atoms with Crippen LogP contribution in [-0.2, 0) is 0 Å². The standard InChI is InChI=1S/3C18H19N5.C12H7ClN4.C6H13N/c3*1-12-3-2-4-15(12)21-18-14-7-10-20-11-16(14)22-17(23-18)13-5-8-19-9-6-13;13-11-9-3-6-15-7-10(9)16-12(17-11)8-1-4-14-5-2-8;1-5-3-2-4-6(5)7/h3*5-12,15H,2-4H2,1H3,(H,21,22,23);1-7H;5-6H,2-4,7H2,1H3/t2*12-,15+;;;/m10.../s1. The van der Waals surface area contributed by atoms with Crippen molar-refractivity contribution >= 4 is 72.7 Å². The van der Waals surface area contributed by atoms with Gasteiger partial charge < -0.3 is 21.7 Å². The van der Waals surface area contributed by atoms with Gasteiger partial charge in [0.25, 0.3) is 0 Å². The Kier molecular flexibility index (Phi) is 20.8. The average molecular weight is 1260 g/mol. The first kappa shape index (κ1) is 63.4. The van der Waals surface area contributed by atoms with Gasteiger partial charge in [0, 0.05) is 142 Å². The number of hydrogen-bond donors (Lipinski definition) is 4. The van der Waals surface area contributed by atoms with Crippen LogP contribution in [0, 0.1) is 23.7 Å². The number of nitrogens with zero attached hydrogens (tertiary/aromatic N) is 16. The lowest BCUT2D eigenvalue weighted by molar-refractivity contribution is 0.527. The molecule has 12 aromatic heterocycles. The number of anilines is 3. The third kappa shape index (κ3) is 15.9. The van der Waals surface area contributed by atoms with Crippen LogP contribution < -0.4 is 21.7 Å². The molecule has 16 rings (SSSR count). The van der Waals surface area contributed by atoms with E-state index in [1.807, 2.05) is 66.7 Å². The van der Waals surface area contributed by atoms with Crippen LogP contribution in [0.3, 0.4) is 0 Å². The van der Waals surface area contributed by atoms with Crippen LogP contribution in [-0.4, -0.2) is 104 Å². The van der Waals surface area contributed by atoms with Crippen LogP contribution in [0.25, 0.3) is 89.2 Å². The minimum absolute atomic E-state index is 0.434. The first-order valence-electron chi connectivity index (χ1n) is 32.4. The predicted molar refractivity (Wildman–Crippen MR) is 370 cm³/mol. The van der Waals surface area contributed by atoms with E-state index >= 15 is 0 Å². The van der Waals surface area contributed by atoms with Gasteiger partial charge in [-0.3, -0.25) is 39.9 Å². The molecule has 5 N–H and O–H groups in total. The Balaban J connectivity index is 0.000000116. The van der Waals surface area contributed by atoms with E-state index in [1.54, 1.807) is 105 Å². The molecule has 20 nitrogen and oxygen atoms in total. The van der Waals surface area contributed by atoms with Crippen LogP contribution in [0.5, 0.6) is 0 Å². The number of aromatic nitrogens is 16. The van der Waals surface area contributed by atoms with Crippen molar-refractivity contribution in [1.29, 1.82) is 0 Å². The van der Waals surface area contributed by atoms with Crippen molar-refractivity contribution in [2.24, 2.45) is 29.4 Å². The summed E-state index contributed by atoms with van der Waals surface area (Å²) in [5.74, 6) is 8.23. The lowest BCUT2D eigenvalue weighted by atomic mass is 10.1. The molecule has 0 saturated heterocycles. The average Bonchev–Trinajstić information content (AvgIpc) is 1.91. The molecule has 0 aromatic carbocycles. The van der Waals surface area contributed by atoms with Gasteiger partial charge >= 0.3 is 0 Å². The number of nitrogens with one attached hydrogen (secondary N) is 3. The zero-order valence-electron chi connectivity index (χ0n) is 52.9. The van der Waals surface area contributed by atoms with Gasteiger partial charge in [0.2, 0.25) is 0 Å². The normalized spacial score (nSPS) is 20.5. The van der Waals surface area contributed by atoms with Crippen LogP contribution in [0.15, 0.2) is 172 Å². The summed E-state index contributed by atoms with van der Waals surface area (Å²) in [5.41, 5.74) is 12.8. The predicted octanol–water partition coefficient (Wildman–Crippen LogP) is 14.9. The molecule has 0 spiro atoms. The molecule has 12 heterocycles. The number of hydrogen-bond acceptors (Lipinski definition) is 20. The molecule has 0 bridgehead atoms. The summed E-state index contributed by atoms with van der Waals surface area (Å²) >= 11 is 6.12. The Hall–Kier alpha value is -9.79. The van der Waals surface area contributed by atoms with Crippen molar-refractivity contribution in [1.82, 2.24) is 79.7 Å². The minimum Gasteiger partial charge on any atom is -0.366 e. The monoisotopic (exact) mass is 1260 g/mol. The van der Waals surface area contributed by atoms with Crippen molar-refractivity contribution in [3.8, 4) is 45.6 Å². The zero-order chi connectivity index (χ0) is 63.9. The quantitative estimate of drug-likeness (QED) is 0.0927. The Labute approximate surface area is 546 Å². The highest BCUT2D eigenvalue weighted by molar-refractivity contribution is 6.34. The van der Waals surface area contributed by atoms with E-state index in [4.69, 9.17) is 32.3 Å². The largest absolute Gasteiger partial charge is 0.366 e. The van der Waals surface area contributed by atoms with Gasteiger partial charge in [-0.05, 0) is 148 Å². The van der Waals surface area contributed by atoms with Crippen molar-refractivity contribution < 1.29 is 0 Å². The van der Waals surface area contributed by atoms with E-state index in [9.17, 15) is 0 Å². The number of halogens is 1. The SMILES string of the molecule is CC1CCCC1N.CC1CCCC1Nc1nc(-c2ccncc2)nc2cnccc12.C[C@@H]1CCC[C@@H]1Nc1nc(-c2ccncc2)nc2cnccc12.C[C@H]1CCC[C@H]1Nc1nc(-c2ccncc2)nc2cnccc12.Clc1nc(-c2ccncc2)nc2cnccc12. The van der Waals surface area contributed by atoms with Gasteiger partial charge in [-0.25, -0.2) is 39.9 Å². The zero-order valence-corrected chi connectivity index (χ0v) is 53.6. The summed E-state index contributed by atoms with van der Waals surface area (Å²) in [6.45, 7) is 9.15. The van der Waals surface area contributed by atoms with Crippen molar-refractivity contribution in [2.75, 3.05) is 16.0 Å². The lowest BCUT2D eigenvalue weighted by Gasteiger charge is -2.19. The Morgan fingerprint density at radius 1 is 0.312 bits per heavy atom. The van der Waals surface area contributed by atoms with E-state index in [0.717, 1.165) is 89.2 Å². The second-order valence-electron chi connectivity index (χ2n) is 24.6. The fourth-order valence-corrected chi connectivity index (χ4v) is 12.8. The second kappa shape index (κ2) is 30.6. The molecular formula is C72H77ClN20. The maximum Gasteiger partial charge on any atom is 0.162 e. The molecule has 8 atom stereocenters. The van der Waals surface area contributed by atoms with E-state index in [2.05, 4.69) is 108 Å². The van der Waals surface area contributed by atoms with Gasteiger partial charge in [0.05, 0.1) is 46.9 Å². The molecular weight excluding hydrogens is 1180 g/mol. The molecule has 0 aliphatic heterocycles. The van der Waals surface area contributed by atoms with Gasteiger partial charge in [-0.15, -0.1) is 0 Å². The summed E-state index contributed by atoms with van der Waals surface area (Å²) < 4.78 is 0. The van der Waals surface area contributed by atoms with Gasteiger partial charge in [0.1, 0.15) is 22.6 Å². The van der Waals surface area contributed by atoms with Crippen molar-refractivity contribution in [2.45, 2.75) is 129 Å². The number of rotatable bonds is 10. The molecule has 4 unspecified atom stereocenters. The molecule has 21 heteroatoms. The topological polar surface area (TPSA) is 268 Å². The van der Waals surface area contributed by atoms with Gasteiger partial charge in [-0.2, -0.15) is 0 Å². The van der Waals surface area contributed by atoms with E-state index in [1.165, 1.54) is 77.0 Å². The van der Waals surface area contributed by atoms with Crippen molar-refractivity contribution in [3.63, 3.8) is 0 Å². The first-order chi connectivity index (χ1) is 45.6. The highest BCUT2D eigenvalue weighted by atomic mass is 35.5. The number of pyridine rings is 8. The Morgan fingerprint density at radius 3 is 0.849 bits per heavy atom. The molecule has 472 valence electrons. The summed E-state index contributed by atoms with van der Waals surface area (Å²) in [6.07, 6.45) is 43.3. The number of nitrogens with two attached hydrogens (primary N) is 1. The van der Waals surface area contributed by atoms with Crippen LogP contribution >= 0.6 is 11.6 Å². The highest BCUT2D eigenvalue weighted by Crippen LogP contribution is 2.35. The van der Waals surface area contributed by atoms with E-state index in [-0.39, 0.29) is 0 Å². The molecule has 4 saturated carbocycles. The third-order valence-electron chi connectivity index (χ3n) is 18.2. The fraction of sp³-hybridized carbons (Fsp3) is 0.333. The minimum atomic E-state index is 0.434. The lowest BCUT2D eigenvalue weighted by Crippen LogP contribution is -2.22. The molecule has 0 amide bonds. The summed E-state index contributed by atoms with van der Waals surface area (Å²) in [4.78, 5) is 69.8. The van der Waals surface area contributed by atoms with Crippen LogP contribution in [0.4, 0.5) is 17.5 Å². The molecule has 0 radical (unpaired) electrons. The van der Waals surface area contributed by atoms with E-state index < -0.39 is 0 Å². The second-order valence-corrected chi connectivity index (χ2v) is 24.9. The maximum atomic E-state index is 6.12. The summed E-state index contributed by atoms with van der Waals surface area (Å²) in [5, 5.41) is 15.3. The smallest absolute Gasteiger partial charge is 0.162 e.